The highest BCUT2D eigenvalue weighted by Gasteiger charge is 2.25. The molecule has 0 aliphatic carbocycles. The lowest BCUT2D eigenvalue weighted by Crippen LogP contribution is -2.52. The number of carbonyl (C=O) groups is 2. The summed E-state index contributed by atoms with van der Waals surface area (Å²) in [6.07, 6.45) is 2.24. The fraction of sp³-hybridized carbons (Fsp3) is 0.619. The van der Waals surface area contributed by atoms with Crippen molar-refractivity contribution in [2.75, 3.05) is 51.1 Å². The van der Waals surface area contributed by atoms with Crippen LogP contribution >= 0.6 is 11.8 Å². The van der Waals surface area contributed by atoms with Crippen LogP contribution < -0.4 is 5.32 Å². The molecule has 6 nitrogen and oxygen atoms in total. The van der Waals surface area contributed by atoms with Crippen molar-refractivity contribution in [2.45, 2.75) is 43.3 Å². The second kappa shape index (κ2) is 9.18. The normalized spacial score (nSPS) is 18.4. The fourth-order valence-corrected chi connectivity index (χ4v) is 4.51. The molecule has 0 saturated carbocycles. The number of nitrogens with zero attached hydrogens (tertiary/aromatic N) is 3. The molecule has 1 N–H and O–H groups in total. The number of hydrogen-bond donors (Lipinski definition) is 1. The zero-order valence-corrected chi connectivity index (χ0v) is 18.1. The van der Waals surface area contributed by atoms with Gasteiger partial charge in [0.25, 0.3) is 0 Å². The number of rotatable bonds is 4. The molecule has 1 aromatic carbocycles. The van der Waals surface area contributed by atoms with Crippen molar-refractivity contribution in [3.63, 3.8) is 0 Å². The van der Waals surface area contributed by atoms with Crippen molar-refractivity contribution in [3.8, 4) is 0 Å². The van der Waals surface area contributed by atoms with Crippen molar-refractivity contribution in [2.24, 2.45) is 0 Å². The average molecular weight is 405 g/mol. The predicted octanol–water partition coefficient (Wildman–Crippen LogP) is 3.35. The van der Waals surface area contributed by atoms with Gasteiger partial charge in [0, 0.05) is 54.6 Å². The molecule has 2 fully saturated rings. The molecule has 0 spiro atoms. The SMILES string of the molecule is CC(C)(C)Sc1ccc(NC(=O)N2CCN(CC(=O)N3CCCC3)CC2)cc1. The van der Waals surface area contributed by atoms with Gasteiger partial charge in [-0.1, -0.05) is 20.8 Å². The molecule has 0 atom stereocenters. The minimum atomic E-state index is -0.0678. The summed E-state index contributed by atoms with van der Waals surface area (Å²) < 4.78 is 0.167. The number of thioether (sulfide) groups is 1. The number of anilines is 1. The van der Waals surface area contributed by atoms with E-state index in [-0.39, 0.29) is 16.7 Å². The Kier molecular flexibility index (Phi) is 6.88. The van der Waals surface area contributed by atoms with Crippen LogP contribution in [-0.2, 0) is 4.79 Å². The highest BCUT2D eigenvalue weighted by Crippen LogP contribution is 2.32. The molecule has 2 aliphatic rings. The molecule has 0 bridgehead atoms. The lowest BCUT2D eigenvalue weighted by molar-refractivity contribution is -0.131. The van der Waals surface area contributed by atoms with Gasteiger partial charge in [0.15, 0.2) is 0 Å². The summed E-state index contributed by atoms with van der Waals surface area (Å²) in [6.45, 7) is 11.6. The summed E-state index contributed by atoms with van der Waals surface area (Å²) in [5.74, 6) is 0.226. The van der Waals surface area contributed by atoms with Gasteiger partial charge in [-0.2, -0.15) is 0 Å². The van der Waals surface area contributed by atoms with E-state index in [0.717, 1.165) is 44.7 Å². The molecule has 2 saturated heterocycles. The molecule has 0 aromatic heterocycles. The van der Waals surface area contributed by atoms with Crippen molar-refractivity contribution in [3.05, 3.63) is 24.3 Å². The van der Waals surface area contributed by atoms with Crippen LogP contribution in [0.15, 0.2) is 29.2 Å². The standard InChI is InChI=1S/C21H32N4O2S/c1-21(2,3)28-18-8-6-17(7-9-18)22-20(27)25-14-12-23(13-15-25)16-19(26)24-10-4-5-11-24/h6-9H,4-5,10-16H2,1-3H3,(H,22,27). The van der Waals surface area contributed by atoms with Gasteiger partial charge in [0.2, 0.25) is 5.91 Å². The average Bonchev–Trinajstić information content (AvgIpc) is 3.17. The third-order valence-corrected chi connectivity index (χ3v) is 6.13. The number of benzene rings is 1. The Bertz CT molecular complexity index is 673. The summed E-state index contributed by atoms with van der Waals surface area (Å²) in [4.78, 5) is 31.9. The van der Waals surface area contributed by atoms with Gasteiger partial charge in [0.05, 0.1) is 6.54 Å². The highest BCUT2D eigenvalue weighted by molar-refractivity contribution is 8.00. The van der Waals surface area contributed by atoms with Gasteiger partial charge in [-0.25, -0.2) is 4.79 Å². The zero-order chi connectivity index (χ0) is 20.1. The molecule has 0 unspecified atom stereocenters. The van der Waals surface area contributed by atoms with E-state index in [1.807, 2.05) is 45.8 Å². The minimum absolute atomic E-state index is 0.0678. The molecule has 3 amide bonds. The first-order valence-electron chi connectivity index (χ1n) is 10.2. The molecule has 154 valence electrons. The number of urea groups is 1. The third-order valence-electron chi connectivity index (χ3n) is 5.01. The van der Waals surface area contributed by atoms with Gasteiger partial charge in [-0.15, -0.1) is 11.8 Å². The smallest absolute Gasteiger partial charge is 0.321 e. The molecular weight excluding hydrogens is 372 g/mol. The summed E-state index contributed by atoms with van der Waals surface area (Å²) >= 11 is 1.81. The highest BCUT2D eigenvalue weighted by atomic mass is 32.2. The monoisotopic (exact) mass is 404 g/mol. The molecular formula is C21H32N4O2S. The number of nitrogens with one attached hydrogen (secondary N) is 1. The van der Waals surface area contributed by atoms with Gasteiger partial charge < -0.3 is 15.1 Å². The van der Waals surface area contributed by atoms with Crippen molar-refractivity contribution in [1.29, 1.82) is 0 Å². The maximum Gasteiger partial charge on any atom is 0.321 e. The Morgan fingerprint density at radius 2 is 1.54 bits per heavy atom. The van der Waals surface area contributed by atoms with Gasteiger partial charge in [0.1, 0.15) is 0 Å². The predicted molar refractivity (Wildman–Crippen MR) is 115 cm³/mol. The fourth-order valence-electron chi connectivity index (χ4n) is 3.53. The number of amides is 3. The van der Waals surface area contributed by atoms with E-state index in [1.54, 1.807) is 0 Å². The van der Waals surface area contributed by atoms with Crippen molar-refractivity contribution < 1.29 is 9.59 Å². The summed E-state index contributed by atoms with van der Waals surface area (Å²) in [5, 5.41) is 2.99. The number of carbonyl (C=O) groups excluding carboxylic acids is 2. The molecule has 28 heavy (non-hydrogen) atoms. The lowest BCUT2D eigenvalue weighted by Gasteiger charge is -2.35. The molecule has 2 heterocycles. The summed E-state index contributed by atoms with van der Waals surface area (Å²) in [5.41, 5.74) is 0.815. The van der Waals surface area contributed by atoms with E-state index in [0.29, 0.717) is 19.6 Å². The first-order valence-corrected chi connectivity index (χ1v) is 11.0. The van der Waals surface area contributed by atoms with E-state index < -0.39 is 0 Å². The zero-order valence-electron chi connectivity index (χ0n) is 17.2. The van der Waals surface area contributed by atoms with E-state index in [9.17, 15) is 9.59 Å². The Hall–Kier alpha value is -1.73. The van der Waals surface area contributed by atoms with Crippen LogP contribution in [0, 0.1) is 0 Å². The molecule has 2 aliphatic heterocycles. The largest absolute Gasteiger partial charge is 0.342 e. The Morgan fingerprint density at radius 3 is 2.11 bits per heavy atom. The quantitative estimate of drug-likeness (QED) is 0.782. The molecule has 7 heteroatoms. The summed E-state index contributed by atoms with van der Waals surface area (Å²) in [7, 11) is 0. The van der Waals surface area contributed by atoms with Crippen LogP contribution in [0.1, 0.15) is 33.6 Å². The van der Waals surface area contributed by atoms with Crippen LogP contribution in [0.25, 0.3) is 0 Å². The number of hydrogen-bond acceptors (Lipinski definition) is 4. The van der Waals surface area contributed by atoms with E-state index in [2.05, 4.69) is 31.0 Å². The Balaban J connectivity index is 1.43. The molecule has 3 rings (SSSR count). The van der Waals surface area contributed by atoms with Crippen LogP contribution in [0.2, 0.25) is 0 Å². The van der Waals surface area contributed by atoms with Gasteiger partial charge >= 0.3 is 6.03 Å². The second-order valence-corrected chi connectivity index (χ2v) is 10.4. The van der Waals surface area contributed by atoms with E-state index >= 15 is 0 Å². The van der Waals surface area contributed by atoms with Gasteiger partial charge in [-0.3, -0.25) is 9.69 Å². The minimum Gasteiger partial charge on any atom is -0.342 e. The second-order valence-electron chi connectivity index (χ2n) is 8.52. The van der Waals surface area contributed by atoms with Crippen LogP contribution in [0.4, 0.5) is 10.5 Å². The maximum atomic E-state index is 12.5. The van der Waals surface area contributed by atoms with Crippen molar-refractivity contribution in [1.82, 2.24) is 14.7 Å². The van der Waals surface area contributed by atoms with Crippen LogP contribution in [0.3, 0.4) is 0 Å². The molecule has 0 radical (unpaired) electrons. The summed E-state index contributed by atoms with van der Waals surface area (Å²) in [6, 6.07) is 7.94. The van der Waals surface area contributed by atoms with Crippen LogP contribution in [0.5, 0.6) is 0 Å². The van der Waals surface area contributed by atoms with E-state index in [1.165, 1.54) is 4.90 Å². The molecule has 1 aromatic rings. The Morgan fingerprint density at radius 1 is 0.929 bits per heavy atom. The van der Waals surface area contributed by atoms with Crippen molar-refractivity contribution >= 4 is 29.4 Å². The third kappa shape index (κ3) is 6.14. The van der Waals surface area contributed by atoms with Crippen LogP contribution in [-0.4, -0.2) is 77.2 Å². The first-order chi connectivity index (χ1) is 13.3. The number of likely N-dealkylation sites (tertiary alicyclic amines) is 1. The number of piperazine rings is 1. The van der Waals surface area contributed by atoms with E-state index in [4.69, 9.17) is 0 Å². The Labute approximate surface area is 172 Å². The lowest BCUT2D eigenvalue weighted by atomic mass is 10.3. The first kappa shape index (κ1) is 21.0. The topological polar surface area (TPSA) is 55.9 Å². The maximum absolute atomic E-state index is 12.5. The van der Waals surface area contributed by atoms with Gasteiger partial charge in [-0.05, 0) is 37.1 Å².